The third-order valence-electron chi connectivity index (χ3n) is 3.14. The lowest BCUT2D eigenvalue weighted by Crippen LogP contribution is -2.29. The van der Waals surface area contributed by atoms with Crippen LogP contribution in [0.4, 0.5) is 4.39 Å². The van der Waals surface area contributed by atoms with Crippen molar-refractivity contribution >= 4 is 0 Å². The molecular weight excluding hydrogens is 231 g/mol. The third-order valence-corrected chi connectivity index (χ3v) is 3.14. The molecule has 0 bridgehead atoms. The number of nitrogens with one attached hydrogen (secondary N) is 1. The molecule has 0 spiro atoms. The van der Waals surface area contributed by atoms with Crippen LogP contribution in [-0.2, 0) is 0 Å². The van der Waals surface area contributed by atoms with Crippen molar-refractivity contribution in [1.82, 2.24) is 5.32 Å². The molecule has 2 unspecified atom stereocenters. The molecule has 0 aliphatic rings. The Hall–Kier alpha value is -1.13. The molecule has 0 aliphatic carbocycles. The minimum atomic E-state index is -0.343. The molecule has 0 saturated carbocycles. The molecule has 2 atom stereocenters. The molecular formula is C14H23FN2O. The zero-order valence-electron chi connectivity index (χ0n) is 11.4. The summed E-state index contributed by atoms with van der Waals surface area (Å²) in [5.41, 5.74) is 7.00. The average molecular weight is 254 g/mol. The predicted octanol–water partition coefficient (Wildman–Crippen LogP) is 2.47. The lowest BCUT2D eigenvalue weighted by atomic mass is 9.91. The minimum absolute atomic E-state index is 0.160. The van der Waals surface area contributed by atoms with Gasteiger partial charge in [-0.15, -0.1) is 0 Å². The van der Waals surface area contributed by atoms with Crippen LogP contribution >= 0.6 is 0 Å². The van der Waals surface area contributed by atoms with Gasteiger partial charge in [-0.25, -0.2) is 4.39 Å². The van der Waals surface area contributed by atoms with Gasteiger partial charge in [0.2, 0.25) is 0 Å². The van der Waals surface area contributed by atoms with Crippen molar-refractivity contribution in [3.05, 3.63) is 29.6 Å². The van der Waals surface area contributed by atoms with Gasteiger partial charge in [0, 0.05) is 6.04 Å². The highest BCUT2D eigenvalue weighted by Gasteiger charge is 2.18. The normalized spacial score (nSPS) is 14.3. The second-order valence-electron chi connectivity index (χ2n) is 4.37. The molecule has 0 amide bonds. The van der Waals surface area contributed by atoms with Crippen molar-refractivity contribution in [2.24, 2.45) is 11.7 Å². The molecule has 3 nitrogen and oxygen atoms in total. The van der Waals surface area contributed by atoms with Crippen LogP contribution in [0.3, 0.4) is 0 Å². The van der Waals surface area contributed by atoms with Crippen molar-refractivity contribution in [1.29, 1.82) is 0 Å². The quantitative estimate of drug-likeness (QED) is 0.786. The summed E-state index contributed by atoms with van der Waals surface area (Å²) in [7, 11) is 1.90. The molecule has 4 heteroatoms. The van der Waals surface area contributed by atoms with E-state index in [4.69, 9.17) is 10.5 Å². The van der Waals surface area contributed by atoms with Crippen molar-refractivity contribution < 1.29 is 9.13 Å². The van der Waals surface area contributed by atoms with E-state index < -0.39 is 0 Å². The van der Waals surface area contributed by atoms with E-state index in [1.165, 1.54) is 6.07 Å². The van der Waals surface area contributed by atoms with Gasteiger partial charge < -0.3 is 15.8 Å². The van der Waals surface area contributed by atoms with Crippen LogP contribution in [-0.4, -0.2) is 20.2 Å². The highest BCUT2D eigenvalue weighted by Crippen LogP contribution is 2.26. The molecule has 1 rings (SSSR count). The van der Waals surface area contributed by atoms with E-state index in [2.05, 4.69) is 12.2 Å². The van der Waals surface area contributed by atoms with Crippen molar-refractivity contribution in [2.45, 2.75) is 26.3 Å². The smallest absolute Gasteiger partial charge is 0.165 e. The topological polar surface area (TPSA) is 47.3 Å². The van der Waals surface area contributed by atoms with Crippen molar-refractivity contribution in [3.8, 4) is 5.75 Å². The summed E-state index contributed by atoms with van der Waals surface area (Å²) in [6.45, 7) is 5.21. The standard InChI is InChI=1S/C14H23FN2O/c1-4-10(9-17-3)14(16)11-6-7-13(18-5-2)12(15)8-11/h6-8,10,14,17H,4-5,9,16H2,1-3H3. The maximum Gasteiger partial charge on any atom is 0.165 e. The van der Waals surface area contributed by atoms with Crippen LogP contribution in [0.15, 0.2) is 18.2 Å². The number of halogens is 1. The lowest BCUT2D eigenvalue weighted by molar-refractivity contribution is 0.320. The van der Waals surface area contributed by atoms with Gasteiger partial charge in [-0.1, -0.05) is 19.4 Å². The highest BCUT2D eigenvalue weighted by molar-refractivity contribution is 5.31. The minimum Gasteiger partial charge on any atom is -0.491 e. The summed E-state index contributed by atoms with van der Waals surface area (Å²) in [5.74, 6) is 0.242. The summed E-state index contributed by atoms with van der Waals surface area (Å²) in [4.78, 5) is 0. The Morgan fingerprint density at radius 3 is 2.61 bits per heavy atom. The average Bonchev–Trinajstić information content (AvgIpc) is 2.37. The number of rotatable bonds is 7. The zero-order chi connectivity index (χ0) is 13.5. The number of nitrogens with two attached hydrogens (primary N) is 1. The van der Waals surface area contributed by atoms with Crippen molar-refractivity contribution in [3.63, 3.8) is 0 Å². The van der Waals surface area contributed by atoms with E-state index in [9.17, 15) is 4.39 Å². The summed E-state index contributed by atoms with van der Waals surface area (Å²) in [6, 6.07) is 4.82. The van der Waals surface area contributed by atoms with Crippen molar-refractivity contribution in [2.75, 3.05) is 20.2 Å². The maximum absolute atomic E-state index is 13.8. The van der Waals surface area contributed by atoms with Gasteiger partial charge in [-0.2, -0.15) is 0 Å². The van der Waals surface area contributed by atoms with Gasteiger partial charge in [0.05, 0.1) is 6.61 Å². The maximum atomic E-state index is 13.8. The molecule has 1 aromatic carbocycles. The van der Waals surface area contributed by atoms with Crippen LogP contribution in [0.25, 0.3) is 0 Å². The molecule has 0 aliphatic heterocycles. The highest BCUT2D eigenvalue weighted by atomic mass is 19.1. The SMILES string of the molecule is CCOc1ccc(C(N)C(CC)CNC)cc1F. The summed E-state index contributed by atoms with van der Waals surface area (Å²) in [5, 5.41) is 3.12. The molecule has 102 valence electrons. The van der Waals surface area contributed by atoms with Gasteiger partial charge in [-0.05, 0) is 44.1 Å². The Bertz CT molecular complexity index is 371. The van der Waals surface area contributed by atoms with E-state index in [1.54, 1.807) is 6.07 Å². The monoisotopic (exact) mass is 254 g/mol. The Morgan fingerprint density at radius 2 is 2.11 bits per heavy atom. The fraction of sp³-hybridized carbons (Fsp3) is 0.571. The van der Waals surface area contributed by atoms with E-state index in [0.29, 0.717) is 12.5 Å². The Labute approximate surface area is 109 Å². The Kier molecular flexibility index (Phi) is 6.09. The van der Waals surface area contributed by atoms with Gasteiger partial charge >= 0.3 is 0 Å². The third kappa shape index (κ3) is 3.68. The first-order chi connectivity index (χ1) is 8.63. The molecule has 0 aromatic heterocycles. The first kappa shape index (κ1) is 14.9. The van der Waals surface area contributed by atoms with E-state index in [1.807, 2.05) is 20.0 Å². The number of hydrogen-bond acceptors (Lipinski definition) is 3. The molecule has 0 radical (unpaired) electrons. The number of ether oxygens (including phenoxy) is 1. The van der Waals surface area contributed by atoms with Gasteiger partial charge in [-0.3, -0.25) is 0 Å². The molecule has 18 heavy (non-hydrogen) atoms. The first-order valence-electron chi connectivity index (χ1n) is 6.46. The fourth-order valence-corrected chi connectivity index (χ4v) is 2.06. The fourth-order valence-electron chi connectivity index (χ4n) is 2.06. The predicted molar refractivity (Wildman–Crippen MR) is 72.2 cm³/mol. The Morgan fingerprint density at radius 1 is 1.39 bits per heavy atom. The van der Waals surface area contributed by atoms with Crippen LogP contribution in [0, 0.1) is 11.7 Å². The zero-order valence-corrected chi connectivity index (χ0v) is 11.4. The first-order valence-corrected chi connectivity index (χ1v) is 6.46. The largest absolute Gasteiger partial charge is 0.491 e. The summed E-state index contributed by atoms with van der Waals surface area (Å²) >= 11 is 0. The van der Waals surface area contributed by atoms with Gasteiger partial charge in [0.15, 0.2) is 11.6 Å². The van der Waals surface area contributed by atoms with Gasteiger partial charge in [0.25, 0.3) is 0 Å². The van der Waals surface area contributed by atoms with Crippen LogP contribution in [0.2, 0.25) is 0 Å². The summed E-state index contributed by atoms with van der Waals surface area (Å²) < 4.78 is 18.9. The van der Waals surface area contributed by atoms with E-state index >= 15 is 0 Å². The van der Waals surface area contributed by atoms with Crippen LogP contribution < -0.4 is 15.8 Å². The van der Waals surface area contributed by atoms with E-state index in [0.717, 1.165) is 18.5 Å². The lowest BCUT2D eigenvalue weighted by Gasteiger charge is -2.23. The molecule has 3 N–H and O–H groups in total. The molecule has 0 saturated heterocycles. The second-order valence-corrected chi connectivity index (χ2v) is 4.37. The van der Waals surface area contributed by atoms with Crippen LogP contribution in [0.5, 0.6) is 5.75 Å². The number of hydrogen-bond donors (Lipinski definition) is 2. The molecule has 1 aromatic rings. The second kappa shape index (κ2) is 7.34. The summed E-state index contributed by atoms with van der Waals surface area (Å²) in [6.07, 6.45) is 0.955. The molecule has 0 fully saturated rings. The van der Waals surface area contributed by atoms with Crippen LogP contribution in [0.1, 0.15) is 31.9 Å². The van der Waals surface area contributed by atoms with E-state index in [-0.39, 0.29) is 17.6 Å². The molecule has 0 heterocycles. The van der Waals surface area contributed by atoms with Gasteiger partial charge in [0.1, 0.15) is 0 Å². The number of benzene rings is 1. The Balaban J connectivity index is 2.85.